The molecule has 108 valence electrons. The molecular weight excluding hydrogens is 352 g/mol. The molecule has 0 bridgehead atoms. The fourth-order valence-electron chi connectivity index (χ4n) is 1.86. The Balaban J connectivity index is 2.48. The molecule has 9 heteroatoms. The zero-order valence-electron chi connectivity index (χ0n) is 10.1. The number of carboxylic acid groups (broad SMARTS) is 1. The number of benzene rings is 1. The third-order valence-electron chi connectivity index (χ3n) is 2.85. The monoisotopic (exact) mass is 362 g/mol. The average molecular weight is 363 g/mol. The second-order valence-corrected chi connectivity index (χ2v) is 6.85. The number of nitrogens with zero attached hydrogens (tertiary/aromatic N) is 1. The van der Waals surface area contributed by atoms with Gasteiger partial charge in [0.05, 0.1) is 11.4 Å². The lowest BCUT2D eigenvalue weighted by atomic mass is 10.2. The van der Waals surface area contributed by atoms with Gasteiger partial charge in [-0.3, -0.25) is 9.59 Å². The molecule has 2 rings (SSSR count). The highest BCUT2D eigenvalue weighted by Gasteiger charge is 2.40. The molecule has 1 aromatic carbocycles. The van der Waals surface area contributed by atoms with E-state index in [9.17, 15) is 18.0 Å². The van der Waals surface area contributed by atoms with Gasteiger partial charge < -0.3 is 10.4 Å². The van der Waals surface area contributed by atoms with E-state index >= 15 is 0 Å². The van der Waals surface area contributed by atoms with Crippen molar-refractivity contribution in [1.82, 2.24) is 9.62 Å². The van der Waals surface area contributed by atoms with Gasteiger partial charge in [0.15, 0.2) is 0 Å². The molecule has 0 aromatic heterocycles. The van der Waals surface area contributed by atoms with E-state index in [0.29, 0.717) is 8.78 Å². The molecule has 1 atom stereocenters. The molecule has 1 unspecified atom stereocenters. The molecule has 1 saturated heterocycles. The molecule has 0 radical (unpaired) electrons. The number of piperazine rings is 1. The molecule has 0 aliphatic carbocycles. The van der Waals surface area contributed by atoms with Crippen molar-refractivity contribution in [2.45, 2.75) is 10.9 Å². The minimum Gasteiger partial charge on any atom is -0.480 e. The van der Waals surface area contributed by atoms with E-state index in [1.54, 1.807) is 6.07 Å². The van der Waals surface area contributed by atoms with Crippen molar-refractivity contribution in [2.75, 3.05) is 13.1 Å². The largest absolute Gasteiger partial charge is 0.480 e. The lowest BCUT2D eigenvalue weighted by Gasteiger charge is -2.31. The lowest BCUT2D eigenvalue weighted by Crippen LogP contribution is -2.59. The normalized spacial score (nSPS) is 20.4. The van der Waals surface area contributed by atoms with Gasteiger partial charge in [-0.1, -0.05) is 12.1 Å². The Morgan fingerprint density at radius 1 is 1.40 bits per heavy atom. The van der Waals surface area contributed by atoms with Gasteiger partial charge in [0, 0.05) is 11.0 Å². The van der Waals surface area contributed by atoms with Crippen LogP contribution < -0.4 is 5.32 Å². The Morgan fingerprint density at radius 2 is 2.05 bits per heavy atom. The first-order valence-electron chi connectivity index (χ1n) is 5.60. The highest BCUT2D eigenvalue weighted by molar-refractivity contribution is 9.10. The van der Waals surface area contributed by atoms with Crippen LogP contribution in [-0.2, 0) is 19.6 Å². The number of carboxylic acids is 1. The Morgan fingerprint density at radius 3 is 2.65 bits per heavy atom. The van der Waals surface area contributed by atoms with Crippen LogP contribution in [0.3, 0.4) is 0 Å². The second kappa shape index (κ2) is 5.51. The van der Waals surface area contributed by atoms with E-state index in [1.165, 1.54) is 18.2 Å². The molecule has 1 amide bonds. The highest BCUT2D eigenvalue weighted by Crippen LogP contribution is 2.26. The zero-order chi connectivity index (χ0) is 14.9. The van der Waals surface area contributed by atoms with E-state index in [1.807, 2.05) is 0 Å². The molecule has 1 aromatic rings. The van der Waals surface area contributed by atoms with Crippen molar-refractivity contribution in [1.29, 1.82) is 0 Å². The summed E-state index contributed by atoms with van der Waals surface area (Å²) < 4.78 is 26.1. The molecule has 1 aliphatic rings. The maximum atomic E-state index is 12.5. The van der Waals surface area contributed by atoms with Gasteiger partial charge in [-0.15, -0.1) is 0 Å². The van der Waals surface area contributed by atoms with Crippen molar-refractivity contribution in [3.05, 3.63) is 28.7 Å². The van der Waals surface area contributed by atoms with Crippen LogP contribution in [0.1, 0.15) is 0 Å². The minimum absolute atomic E-state index is 0.0686. The number of aliphatic carboxylic acids is 1. The topological polar surface area (TPSA) is 104 Å². The van der Waals surface area contributed by atoms with Crippen molar-refractivity contribution >= 4 is 37.8 Å². The number of carbonyl (C=O) groups excluding carboxylic acids is 1. The van der Waals surface area contributed by atoms with E-state index in [4.69, 9.17) is 5.11 Å². The zero-order valence-corrected chi connectivity index (χ0v) is 12.5. The number of amides is 1. The van der Waals surface area contributed by atoms with Crippen molar-refractivity contribution < 1.29 is 23.1 Å². The summed E-state index contributed by atoms with van der Waals surface area (Å²) in [5.74, 6) is -1.83. The van der Waals surface area contributed by atoms with E-state index in [2.05, 4.69) is 21.2 Å². The Kier molecular flexibility index (Phi) is 4.11. The number of carbonyl (C=O) groups is 2. The molecule has 7 nitrogen and oxygen atoms in total. The molecule has 1 heterocycles. The van der Waals surface area contributed by atoms with Crippen molar-refractivity contribution in [3.63, 3.8) is 0 Å². The smallest absolute Gasteiger partial charge is 0.323 e. The van der Waals surface area contributed by atoms with Gasteiger partial charge in [0.25, 0.3) is 0 Å². The van der Waals surface area contributed by atoms with Crippen LogP contribution in [0.15, 0.2) is 33.6 Å². The highest BCUT2D eigenvalue weighted by atomic mass is 79.9. The van der Waals surface area contributed by atoms with Crippen LogP contribution in [0.4, 0.5) is 0 Å². The summed E-state index contributed by atoms with van der Waals surface area (Å²) in [4.78, 5) is 22.5. The fourth-order valence-corrected chi connectivity index (χ4v) is 4.37. The third-order valence-corrected chi connectivity index (χ3v) is 5.71. The number of sulfonamides is 1. The van der Waals surface area contributed by atoms with Gasteiger partial charge in [-0.2, -0.15) is 4.31 Å². The molecule has 1 fully saturated rings. The Labute approximate surface area is 123 Å². The molecule has 2 N–H and O–H groups in total. The summed E-state index contributed by atoms with van der Waals surface area (Å²) >= 11 is 3.12. The Hall–Kier alpha value is -1.45. The first-order valence-corrected chi connectivity index (χ1v) is 7.83. The van der Waals surface area contributed by atoms with Crippen LogP contribution in [0.5, 0.6) is 0 Å². The molecule has 0 saturated carbocycles. The molecule has 1 aliphatic heterocycles. The number of hydrogen-bond acceptors (Lipinski definition) is 4. The Bertz CT molecular complexity index is 661. The summed E-state index contributed by atoms with van der Waals surface area (Å²) in [7, 11) is -4.08. The number of nitrogens with one attached hydrogen (secondary N) is 1. The second-order valence-electron chi connectivity index (χ2n) is 4.14. The van der Waals surface area contributed by atoms with Gasteiger partial charge in [0.2, 0.25) is 15.9 Å². The molecular formula is C11H11BrN2O5S. The molecule has 20 heavy (non-hydrogen) atoms. The maximum absolute atomic E-state index is 12.5. The fraction of sp³-hybridized carbons (Fsp3) is 0.273. The standard InChI is InChI=1S/C11H11BrN2O5S/c12-7-3-1-2-4-9(7)20(18,19)14-6-10(15)13-5-8(14)11(16)17/h1-4,8H,5-6H2,(H,13,15)(H,16,17). The van der Waals surface area contributed by atoms with Crippen LogP contribution in [0, 0.1) is 0 Å². The summed E-state index contributed by atoms with van der Waals surface area (Å²) in [5, 5.41) is 11.4. The van der Waals surface area contributed by atoms with Crippen molar-refractivity contribution in [3.8, 4) is 0 Å². The van der Waals surface area contributed by atoms with Crippen LogP contribution in [0.25, 0.3) is 0 Å². The summed E-state index contributed by atoms with van der Waals surface area (Å²) in [6.07, 6.45) is 0. The first kappa shape index (κ1) is 14.9. The predicted octanol–water partition coefficient (Wildman–Crippen LogP) is 0.0228. The number of halogens is 1. The van der Waals surface area contributed by atoms with Crippen LogP contribution >= 0.6 is 15.9 Å². The minimum atomic E-state index is -4.08. The van der Waals surface area contributed by atoms with Crippen molar-refractivity contribution in [2.24, 2.45) is 0 Å². The quantitative estimate of drug-likeness (QED) is 0.788. The van der Waals surface area contributed by atoms with E-state index < -0.39 is 34.5 Å². The average Bonchev–Trinajstić information content (AvgIpc) is 2.38. The van der Waals surface area contributed by atoms with Gasteiger partial charge in [0.1, 0.15) is 6.04 Å². The van der Waals surface area contributed by atoms with Gasteiger partial charge in [-0.05, 0) is 28.1 Å². The lowest BCUT2D eigenvalue weighted by molar-refractivity contribution is -0.143. The predicted molar refractivity (Wildman–Crippen MR) is 72.5 cm³/mol. The summed E-state index contributed by atoms with van der Waals surface area (Å²) in [5.41, 5.74) is 0. The van der Waals surface area contributed by atoms with E-state index in [0.717, 1.165) is 0 Å². The SMILES string of the molecule is O=C1CN(S(=O)(=O)c2ccccc2Br)C(C(=O)O)CN1. The third kappa shape index (κ3) is 2.69. The molecule has 0 spiro atoms. The van der Waals surface area contributed by atoms with Gasteiger partial charge in [-0.25, -0.2) is 8.42 Å². The first-order chi connectivity index (χ1) is 9.34. The maximum Gasteiger partial charge on any atom is 0.323 e. The van der Waals surface area contributed by atoms with E-state index in [-0.39, 0.29) is 11.4 Å². The van der Waals surface area contributed by atoms with Gasteiger partial charge >= 0.3 is 5.97 Å². The number of hydrogen-bond donors (Lipinski definition) is 2. The number of rotatable bonds is 3. The van der Waals surface area contributed by atoms with Crippen LogP contribution in [0.2, 0.25) is 0 Å². The summed E-state index contributed by atoms with van der Waals surface area (Å²) in [6, 6.07) is 4.74. The van der Waals surface area contributed by atoms with Crippen LogP contribution in [-0.4, -0.2) is 48.8 Å². The summed E-state index contributed by atoms with van der Waals surface area (Å²) in [6.45, 7) is -0.765.